The molecule has 0 bridgehead atoms. The van der Waals surface area contributed by atoms with Gasteiger partial charge in [0.05, 0.1) is 0 Å². The molecule has 0 fully saturated rings. The zero-order valence-electron chi connectivity index (χ0n) is 16.6. The molecule has 0 radical (unpaired) electrons. The molecule has 0 rings (SSSR count). The van der Waals surface area contributed by atoms with E-state index >= 15 is 0 Å². The van der Waals surface area contributed by atoms with Crippen molar-refractivity contribution >= 4 is 0 Å². The SMILES string of the molecule is CCCCCCCCCCCCCCCCCCN(C)CC(O)O. The first-order valence-electron chi connectivity index (χ1n) is 10.7. The van der Waals surface area contributed by atoms with E-state index in [4.69, 9.17) is 10.2 Å². The summed E-state index contributed by atoms with van der Waals surface area (Å²) in [7, 11) is 1.95. The molecule has 0 aliphatic carbocycles. The zero-order valence-corrected chi connectivity index (χ0v) is 16.6. The molecule has 0 amide bonds. The first kappa shape index (κ1) is 23.9. The molecule has 0 aliphatic heterocycles. The maximum absolute atomic E-state index is 8.87. The van der Waals surface area contributed by atoms with Crippen LogP contribution in [0.2, 0.25) is 0 Å². The Hall–Kier alpha value is -0.120. The minimum Gasteiger partial charge on any atom is -0.367 e. The van der Waals surface area contributed by atoms with Crippen molar-refractivity contribution in [2.24, 2.45) is 0 Å². The van der Waals surface area contributed by atoms with Gasteiger partial charge in [0.2, 0.25) is 0 Å². The molecule has 0 aromatic carbocycles. The van der Waals surface area contributed by atoms with E-state index in [0.29, 0.717) is 6.54 Å². The smallest absolute Gasteiger partial charge is 0.164 e. The lowest BCUT2D eigenvalue weighted by molar-refractivity contribution is -0.0573. The van der Waals surface area contributed by atoms with Crippen molar-refractivity contribution in [3.8, 4) is 0 Å². The summed E-state index contributed by atoms with van der Waals surface area (Å²) in [6.45, 7) is 3.61. The second kappa shape index (κ2) is 19.2. The van der Waals surface area contributed by atoms with Gasteiger partial charge in [0, 0.05) is 6.54 Å². The van der Waals surface area contributed by atoms with E-state index in [1.54, 1.807) is 0 Å². The van der Waals surface area contributed by atoms with Crippen molar-refractivity contribution in [1.29, 1.82) is 0 Å². The van der Waals surface area contributed by atoms with Crippen LogP contribution in [0.15, 0.2) is 0 Å². The van der Waals surface area contributed by atoms with E-state index < -0.39 is 6.29 Å². The van der Waals surface area contributed by atoms with Gasteiger partial charge in [-0.15, -0.1) is 0 Å². The number of likely N-dealkylation sites (N-methyl/N-ethyl adjacent to an activating group) is 1. The molecule has 0 saturated heterocycles. The Morgan fingerprint density at radius 2 is 0.917 bits per heavy atom. The van der Waals surface area contributed by atoms with E-state index in [9.17, 15) is 0 Å². The average molecular weight is 344 g/mol. The van der Waals surface area contributed by atoms with Crippen LogP contribution in [0.25, 0.3) is 0 Å². The van der Waals surface area contributed by atoms with Crippen LogP contribution < -0.4 is 0 Å². The Balaban J connectivity index is 3.05. The molecule has 0 atom stereocenters. The second-order valence-corrected chi connectivity index (χ2v) is 7.55. The van der Waals surface area contributed by atoms with Crippen LogP contribution in [-0.4, -0.2) is 41.5 Å². The fourth-order valence-corrected chi connectivity index (χ4v) is 3.30. The minimum atomic E-state index is -1.20. The molecular formula is C21H45NO2. The molecule has 0 aliphatic rings. The van der Waals surface area contributed by atoms with Crippen molar-refractivity contribution in [3.05, 3.63) is 0 Å². The van der Waals surface area contributed by atoms with Crippen LogP contribution in [-0.2, 0) is 0 Å². The summed E-state index contributed by atoms with van der Waals surface area (Å²) < 4.78 is 0. The van der Waals surface area contributed by atoms with Gasteiger partial charge in [-0.05, 0) is 20.0 Å². The van der Waals surface area contributed by atoms with Crippen molar-refractivity contribution < 1.29 is 10.2 Å². The first-order chi connectivity index (χ1) is 11.7. The van der Waals surface area contributed by atoms with Crippen LogP contribution >= 0.6 is 0 Å². The standard InChI is InChI=1S/C21H45NO2/c1-3-4-5-6-7-8-9-10-11-12-13-14-15-16-17-18-19-22(2)20-21(23)24/h21,23-24H,3-20H2,1-2H3. The number of unbranched alkanes of at least 4 members (excludes halogenated alkanes) is 15. The number of hydrogen-bond donors (Lipinski definition) is 2. The van der Waals surface area contributed by atoms with E-state index in [-0.39, 0.29) is 0 Å². The Labute approximate surface area is 151 Å². The van der Waals surface area contributed by atoms with Crippen LogP contribution in [0.3, 0.4) is 0 Å². The van der Waals surface area contributed by atoms with E-state index in [1.807, 2.05) is 11.9 Å². The maximum atomic E-state index is 8.87. The summed E-state index contributed by atoms with van der Waals surface area (Å²) >= 11 is 0. The Kier molecular flexibility index (Phi) is 19.1. The van der Waals surface area contributed by atoms with Crippen molar-refractivity contribution in [3.63, 3.8) is 0 Å². The number of rotatable bonds is 19. The van der Waals surface area contributed by atoms with Gasteiger partial charge in [-0.25, -0.2) is 0 Å². The predicted molar refractivity (Wildman–Crippen MR) is 105 cm³/mol. The highest BCUT2D eigenvalue weighted by atomic mass is 16.5. The van der Waals surface area contributed by atoms with Gasteiger partial charge < -0.3 is 15.1 Å². The lowest BCUT2D eigenvalue weighted by Gasteiger charge is -2.17. The molecule has 3 nitrogen and oxygen atoms in total. The molecule has 0 unspecified atom stereocenters. The topological polar surface area (TPSA) is 43.7 Å². The molecule has 3 heteroatoms. The fourth-order valence-electron chi connectivity index (χ4n) is 3.30. The summed E-state index contributed by atoms with van der Waals surface area (Å²) in [5.74, 6) is 0. The highest BCUT2D eigenvalue weighted by Gasteiger charge is 2.03. The summed E-state index contributed by atoms with van der Waals surface area (Å²) in [4.78, 5) is 1.99. The molecule has 0 saturated carbocycles. The molecular weight excluding hydrogens is 298 g/mol. The highest BCUT2D eigenvalue weighted by molar-refractivity contribution is 4.54. The van der Waals surface area contributed by atoms with Crippen LogP contribution in [0.1, 0.15) is 110 Å². The first-order valence-corrected chi connectivity index (χ1v) is 10.7. The average Bonchev–Trinajstić information content (AvgIpc) is 2.53. The minimum absolute atomic E-state index is 0.360. The molecule has 146 valence electrons. The molecule has 0 aromatic heterocycles. The van der Waals surface area contributed by atoms with Crippen LogP contribution in [0.4, 0.5) is 0 Å². The van der Waals surface area contributed by atoms with Crippen molar-refractivity contribution in [2.45, 2.75) is 116 Å². The van der Waals surface area contributed by atoms with Crippen molar-refractivity contribution in [2.75, 3.05) is 20.1 Å². The third-order valence-electron chi connectivity index (χ3n) is 4.87. The Bertz CT molecular complexity index is 234. The summed E-state index contributed by atoms with van der Waals surface area (Å²) in [6.07, 6.45) is 21.0. The monoisotopic (exact) mass is 343 g/mol. The van der Waals surface area contributed by atoms with Gasteiger partial charge in [-0.3, -0.25) is 0 Å². The summed E-state index contributed by atoms with van der Waals surface area (Å²) in [6, 6.07) is 0. The van der Waals surface area contributed by atoms with Gasteiger partial charge in [0.15, 0.2) is 6.29 Å². The van der Waals surface area contributed by atoms with Crippen molar-refractivity contribution in [1.82, 2.24) is 4.90 Å². The molecule has 0 aromatic rings. The normalized spacial score (nSPS) is 11.8. The molecule has 0 spiro atoms. The van der Waals surface area contributed by atoms with Gasteiger partial charge in [0.25, 0.3) is 0 Å². The van der Waals surface area contributed by atoms with Gasteiger partial charge in [-0.1, -0.05) is 103 Å². The highest BCUT2D eigenvalue weighted by Crippen LogP contribution is 2.13. The number of aliphatic hydroxyl groups is 2. The van der Waals surface area contributed by atoms with E-state index in [0.717, 1.165) is 6.54 Å². The maximum Gasteiger partial charge on any atom is 0.164 e. The largest absolute Gasteiger partial charge is 0.367 e. The molecule has 2 N–H and O–H groups in total. The second-order valence-electron chi connectivity index (χ2n) is 7.55. The van der Waals surface area contributed by atoms with Gasteiger partial charge >= 0.3 is 0 Å². The lowest BCUT2D eigenvalue weighted by Crippen LogP contribution is -2.29. The number of aliphatic hydroxyl groups excluding tert-OH is 1. The summed E-state index contributed by atoms with van der Waals surface area (Å²) in [5, 5.41) is 17.7. The Morgan fingerprint density at radius 3 is 1.25 bits per heavy atom. The third kappa shape index (κ3) is 19.9. The molecule has 24 heavy (non-hydrogen) atoms. The fraction of sp³-hybridized carbons (Fsp3) is 1.00. The lowest BCUT2D eigenvalue weighted by atomic mass is 10.0. The zero-order chi connectivity index (χ0) is 17.9. The predicted octanol–water partition coefficient (Wildman–Crippen LogP) is 5.49. The third-order valence-corrected chi connectivity index (χ3v) is 4.87. The number of nitrogens with zero attached hydrogens (tertiary/aromatic N) is 1. The molecule has 0 heterocycles. The van der Waals surface area contributed by atoms with E-state index in [2.05, 4.69) is 6.92 Å². The van der Waals surface area contributed by atoms with Gasteiger partial charge in [-0.2, -0.15) is 0 Å². The van der Waals surface area contributed by atoms with Crippen LogP contribution in [0, 0.1) is 0 Å². The Morgan fingerprint density at radius 1 is 0.583 bits per heavy atom. The number of hydrogen-bond acceptors (Lipinski definition) is 3. The van der Waals surface area contributed by atoms with Gasteiger partial charge in [0.1, 0.15) is 0 Å². The van der Waals surface area contributed by atoms with Crippen LogP contribution in [0.5, 0.6) is 0 Å². The summed E-state index contributed by atoms with van der Waals surface area (Å²) in [5.41, 5.74) is 0. The quantitative estimate of drug-likeness (QED) is 0.241. The van der Waals surface area contributed by atoms with E-state index in [1.165, 1.54) is 103 Å².